The maximum atomic E-state index is 6.51. The molecule has 0 bridgehead atoms. The number of para-hydroxylation sites is 2. The van der Waals surface area contributed by atoms with Crippen molar-refractivity contribution in [3.05, 3.63) is 200 Å². The zero-order chi connectivity index (χ0) is 37.7. The molecule has 0 fully saturated rings. The smallest absolute Gasteiger partial charge is 0.173 e. The SMILES string of the molecule is c1ccc(-c2ccc(N(c3ccc(-c4ccccc4)cc3)c3ccc(-c4ccc(-c5ccc6oc7cc8c(cc7c6c5)Oc5ccccc5O8)o4)cc3)cc2)cc1. The highest BCUT2D eigenvalue weighted by molar-refractivity contribution is 6.07. The Kier molecular flexibility index (Phi) is 7.74. The molecule has 0 radical (unpaired) electrons. The molecule has 0 atom stereocenters. The molecule has 0 saturated heterocycles. The summed E-state index contributed by atoms with van der Waals surface area (Å²) in [6.07, 6.45) is 0. The zero-order valence-corrected chi connectivity index (χ0v) is 30.6. The predicted octanol–water partition coefficient (Wildman–Crippen LogP) is 15.2. The third-order valence-electron chi connectivity index (χ3n) is 10.6. The Hall–Kier alpha value is -7.76. The van der Waals surface area contributed by atoms with Gasteiger partial charge in [0.1, 0.15) is 22.7 Å². The highest BCUT2D eigenvalue weighted by Gasteiger charge is 2.22. The van der Waals surface area contributed by atoms with E-state index < -0.39 is 0 Å². The largest absolute Gasteiger partial charge is 0.456 e. The van der Waals surface area contributed by atoms with Crippen molar-refractivity contribution in [3.8, 4) is 67.9 Å². The topological polar surface area (TPSA) is 48.0 Å². The van der Waals surface area contributed by atoms with E-state index >= 15 is 0 Å². The Balaban J connectivity index is 0.900. The molecule has 2 aromatic heterocycles. The Labute approximate surface area is 329 Å². The quantitative estimate of drug-likeness (QED) is 0.163. The lowest BCUT2D eigenvalue weighted by atomic mass is 10.0. The molecule has 0 saturated carbocycles. The van der Waals surface area contributed by atoms with Gasteiger partial charge in [-0.05, 0) is 119 Å². The first-order chi connectivity index (χ1) is 28.2. The number of ether oxygens (including phenoxy) is 2. The standard InChI is InChI=1S/C52H33NO4/c1-3-9-34(10-4-1)36-15-22-40(23-16-36)53(41-24-17-37(18-25-41)35-11-5-2-6-12-35)42-26-19-38(20-27-42)45-29-30-46(54-45)39-21-28-47-43(31-39)44-32-51-52(33-50(44)55-47)57-49-14-8-7-13-48(49)56-51/h1-33H. The number of hydrogen-bond acceptors (Lipinski definition) is 5. The van der Waals surface area contributed by atoms with Crippen molar-refractivity contribution in [1.29, 1.82) is 0 Å². The van der Waals surface area contributed by atoms with Crippen molar-refractivity contribution in [2.24, 2.45) is 0 Å². The van der Waals surface area contributed by atoms with Gasteiger partial charge in [0.15, 0.2) is 23.0 Å². The Bertz CT molecular complexity index is 2950. The van der Waals surface area contributed by atoms with Crippen LogP contribution in [-0.2, 0) is 0 Å². The number of rotatable bonds is 7. The average Bonchev–Trinajstić information content (AvgIpc) is 3.91. The van der Waals surface area contributed by atoms with Gasteiger partial charge in [0.05, 0.1) is 0 Å². The van der Waals surface area contributed by atoms with Crippen LogP contribution in [0.1, 0.15) is 0 Å². The molecule has 0 amide bonds. The normalized spacial score (nSPS) is 11.8. The minimum absolute atomic E-state index is 0.632. The van der Waals surface area contributed by atoms with Gasteiger partial charge in [0.25, 0.3) is 0 Å². The van der Waals surface area contributed by atoms with Crippen LogP contribution < -0.4 is 14.4 Å². The number of furan rings is 2. The molecule has 5 nitrogen and oxygen atoms in total. The number of benzene rings is 8. The number of hydrogen-bond donors (Lipinski definition) is 0. The molecule has 5 heteroatoms. The summed E-state index contributed by atoms with van der Waals surface area (Å²) in [6.45, 7) is 0. The van der Waals surface area contributed by atoms with E-state index in [1.807, 2.05) is 72.8 Å². The molecule has 0 N–H and O–H groups in total. The summed E-state index contributed by atoms with van der Waals surface area (Å²) in [6, 6.07) is 68.8. The summed E-state index contributed by atoms with van der Waals surface area (Å²) < 4.78 is 25.1. The monoisotopic (exact) mass is 735 g/mol. The molecular weight excluding hydrogens is 703 g/mol. The Morgan fingerprint density at radius 3 is 1.28 bits per heavy atom. The van der Waals surface area contributed by atoms with Gasteiger partial charge in [-0.3, -0.25) is 0 Å². The third-order valence-corrected chi connectivity index (χ3v) is 10.6. The molecule has 0 spiro atoms. The van der Waals surface area contributed by atoms with Crippen molar-refractivity contribution < 1.29 is 18.3 Å². The van der Waals surface area contributed by atoms with Crippen LogP contribution in [0.4, 0.5) is 17.1 Å². The van der Waals surface area contributed by atoms with E-state index in [0.29, 0.717) is 23.0 Å². The van der Waals surface area contributed by atoms with Crippen LogP contribution >= 0.6 is 0 Å². The average molecular weight is 736 g/mol. The fourth-order valence-electron chi connectivity index (χ4n) is 7.69. The van der Waals surface area contributed by atoms with Gasteiger partial charge in [-0.25, -0.2) is 0 Å². The third kappa shape index (κ3) is 5.99. The van der Waals surface area contributed by atoms with Crippen LogP contribution in [0.3, 0.4) is 0 Å². The van der Waals surface area contributed by atoms with E-state index in [0.717, 1.165) is 61.6 Å². The van der Waals surface area contributed by atoms with E-state index in [-0.39, 0.29) is 0 Å². The summed E-state index contributed by atoms with van der Waals surface area (Å²) >= 11 is 0. The van der Waals surface area contributed by atoms with E-state index in [2.05, 4.69) is 132 Å². The van der Waals surface area contributed by atoms with Gasteiger partial charge in [0, 0.05) is 45.0 Å². The van der Waals surface area contributed by atoms with Crippen molar-refractivity contribution in [2.75, 3.05) is 4.90 Å². The molecule has 1 aliphatic heterocycles. The van der Waals surface area contributed by atoms with Crippen LogP contribution in [0.2, 0.25) is 0 Å². The predicted molar refractivity (Wildman–Crippen MR) is 229 cm³/mol. The Morgan fingerprint density at radius 2 is 0.719 bits per heavy atom. The fraction of sp³-hybridized carbons (Fsp3) is 0. The van der Waals surface area contributed by atoms with Crippen molar-refractivity contribution in [3.63, 3.8) is 0 Å². The molecule has 1 aliphatic rings. The van der Waals surface area contributed by atoms with Gasteiger partial charge < -0.3 is 23.2 Å². The number of nitrogens with zero attached hydrogens (tertiary/aromatic N) is 1. The maximum absolute atomic E-state index is 6.51. The van der Waals surface area contributed by atoms with Crippen LogP contribution in [-0.4, -0.2) is 0 Å². The number of anilines is 3. The molecular formula is C52H33NO4. The summed E-state index contributed by atoms with van der Waals surface area (Å²) in [4.78, 5) is 2.29. The van der Waals surface area contributed by atoms with Crippen molar-refractivity contribution >= 4 is 39.0 Å². The highest BCUT2D eigenvalue weighted by Crippen LogP contribution is 2.48. The van der Waals surface area contributed by atoms with Gasteiger partial charge in [-0.2, -0.15) is 0 Å². The highest BCUT2D eigenvalue weighted by atomic mass is 16.6. The first-order valence-electron chi connectivity index (χ1n) is 19.0. The summed E-state index contributed by atoms with van der Waals surface area (Å²) in [5, 5.41) is 1.92. The van der Waals surface area contributed by atoms with Crippen LogP contribution in [0, 0.1) is 0 Å². The molecule has 57 heavy (non-hydrogen) atoms. The van der Waals surface area contributed by atoms with Gasteiger partial charge in [-0.1, -0.05) is 97.1 Å². The van der Waals surface area contributed by atoms with Gasteiger partial charge >= 0.3 is 0 Å². The first-order valence-corrected chi connectivity index (χ1v) is 19.0. The zero-order valence-electron chi connectivity index (χ0n) is 30.6. The Morgan fingerprint density at radius 1 is 0.281 bits per heavy atom. The molecule has 10 aromatic rings. The van der Waals surface area contributed by atoms with E-state index in [1.54, 1.807) is 0 Å². The minimum Gasteiger partial charge on any atom is -0.456 e. The molecule has 270 valence electrons. The van der Waals surface area contributed by atoms with Gasteiger partial charge in [-0.15, -0.1) is 0 Å². The minimum atomic E-state index is 0.632. The summed E-state index contributed by atoms with van der Waals surface area (Å²) in [5.41, 5.74) is 11.4. The van der Waals surface area contributed by atoms with Crippen LogP contribution in [0.5, 0.6) is 23.0 Å². The lowest BCUT2D eigenvalue weighted by Crippen LogP contribution is -2.09. The lowest BCUT2D eigenvalue weighted by Gasteiger charge is -2.26. The maximum Gasteiger partial charge on any atom is 0.173 e. The van der Waals surface area contributed by atoms with Crippen LogP contribution in [0.15, 0.2) is 209 Å². The molecule has 3 heterocycles. The molecule has 11 rings (SSSR count). The fourth-order valence-corrected chi connectivity index (χ4v) is 7.69. The van der Waals surface area contributed by atoms with Crippen molar-refractivity contribution in [1.82, 2.24) is 0 Å². The molecule has 0 aliphatic carbocycles. The number of fused-ring (bicyclic) bond motifs is 5. The van der Waals surface area contributed by atoms with Crippen molar-refractivity contribution in [2.45, 2.75) is 0 Å². The van der Waals surface area contributed by atoms with Crippen LogP contribution in [0.25, 0.3) is 66.8 Å². The van der Waals surface area contributed by atoms with E-state index in [9.17, 15) is 0 Å². The second-order valence-corrected chi connectivity index (χ2v) is 14.1. The summed E-state index contributed by atoms with van der Waals surface area (Å²) in [5.74, 6) is 4.23. The second-order valence-electron chi connectivity index (χ2n) is 14.1. The first kappa shape index (κ1) is 32.7. The lowest BCUT2D eigenvalue weighted by molar-refractivity contribution is 0.360. The second kappa shape index (κ2) is 13.5. The van der Waals surface area contributed by atoms with Gasteiger partial charge in [0.2, 0.25) is 0 Å². The van der Waals surface area contributed by atoms with E-state index in [1.165, 1.54) is 22.3 Å². The van der Waals surface area contributed by atoms with E-state index in [4.69, 9.17) is 18.3 Å². The summed E-state index contributed by atoms with van der Waals surface area (Å²) in [7, 11) is 0. The molecule has 0 unspecified atom stereocenters. The molecule has 8 aromatic carbocycles.